The van der Waals surface area contributed by atoms with Crippen molar-refractivity contribution in [3.05, 3.63) is 48.7 Å². The van der Waals surface area contributed by atoms with Crippen molar-refractivity contribution in [3.8, 4) is 28.8 Å². The lowest BCUT2D eigenvalue weighted by molar-refractivity contribution is -0.0852. The molecule has 3 aromatic heterocycles. The molecule has 0 radical (unpaired) electrons. The van der Waals surface area contributed by atoms with Crippen molar-refractivity contribution in [3.63, 3.8) is 0 Å². The molecule has 15 heteroatoms. The van der Waals surface area contributed by atoms with E-state index in [0.29, 0.717) is 67.5 Å². The van der Waals surface area contributed by atoms with Crippen LogP contribution in [-0.4, -0.2) is 102 Å². The van der Waals surface area contributed by atoms with Gasteiger partial charge in [-0.05, 0) is 74.6 Å². The number of nitrogens with zero attached hydrogens (tertiary/aromatic N) is 10. The summed E-state index contributed by atoms with van der Waals surface area (Å²) >= 11 is 0. The van der Waals surface area contributed by atoms with E-state index in [1.54, 1.807) is 23.1 Å². The molecule has 3 atom stereocenters. The van der Waals surface area contributed by atoms with Gasteiger partial charge in [-0.3, -0.25) is 9.58 Å². The van der Waals surface area contributed by atoms with Crippen LogP contribution < -0.4 is 14.8 Å². The average molecular weight is 670 g/mol. The number of hydrogen-bond donors (Lipinski definition) is 1. The third kappa shape index (κ3) is 7.98. The van der Waals surface area contributed by atoms with E-state index in [4.69, 9.17) is 24.0 Å². The Kier molecular flexibility index (Phi) is 9.97. The molecule has 15 nitrogen and oxygen atoms in total. The van der Waals surface area contributed by atoms with Crippen LogP contribution in [-0.2, 0) is 16.0 Å². The highest BCUT2D eigenvalue weighted by atomic mass is 16.5. The Hall–Kier alpha value is -4.65. The van der Waals surface area contributed by atoms with Crippen LogP contribution in [0.15, 0.2) is 43.1 Å². The van der Waals surface area contributed by atoms with Crippen molar-refractivity contribution >= 4 is 11.6 Å². The second-order valence-electron chi connectivity index (χ2n) is 13.4. The number of hydrogen-bond acceptors (Lipinski definition) is 13. The van der Waals surface area contributed by atoms with Crippen LogP contribution >= 0.6 is 0 Å². The first-order valence-electron chi connectivity index (χ1n) is 17.1. The Labute approximate surface area is 285 Å². The molecule has 1 aromatic carbocycles. The smallest absolute Gasteiger partial charge is 0.256 e. The summed E-state index contributed by atoms with van der Waals surface area (Å²) in [4.78, 5) is 11.8. The van der Waals surface area contributed by atoms with E-state index < -0.39 is 0 Å². The standard InChI is InChI=1S/C34H43N11O4/c1-22-14-43(15-23(2)48-22)29-6-8-30(9-7-29)45-17-31(33(40-45)47-20-25-18-46-19-25)39-34-36-12-28(13-37-34)26-4-5-27(11-35)32(10-26)49-24(3)16-44-21-38-41-42-44/h4-5,10,12-13,17,21-25,29-30H,6-9,14-16,18-20H2,1-3H3,(H,36,37,39)/t22-,23+,24-,29?,30?/m0/s1. The maximum absolute atomic E-state index is 9.67. The van der Waals surface area contributed by atoms with Crippen molar-refractivity contribution in [2.75, 3.05) is 38.2 Å². The van der Waals surface area contributed by atoms with E-state index in [1.807, 2.05) is 25.3 Å². The molecule has 1 N–H and O–H groups in total. The fourth-order valence-corrected chi connectivity index (χ4v) is 6.87. The van der Waals surface area contributed by atoms with Crippen LogP contribution in [0.2, 0.25) is 0 Å². The van der Waals surface area contributed by atoms with Crippen LogP contribution in [0.3, 0.4) is 0 Å². The van der Waals surface area contributed by atoms with Crippen LogP contribution in [0.4, 0.5) is 11.6 Å². The predicted octanol–water partition coefficient (Wildman–Crippen LogP) is 4.03. The molecule has 49 heavy (non-hydrogen) atoms. The summed E-state index contributed by atoms with van der Waals surface area (Å²) in [5.41, 5.74) is 2.78. The number of tetrazole rings is 1. The maximum Gasteiger partial charge on any atom is 0.256 e. The van der Waals surface area contributed by atoms with E-state index in [9.17, 15) is 5.26 Å². The van der Waals surface area contributed by atoms with Gasteiger partial charge < -0.3 is 24.3 Å². The molecule has 0 amide bonds. The second kappa shape index (κ2) is 14.9. The molecule has 7 rings (SSSR count). The van der Waals surface area contributed by atoms with Gasteiger partial charge in [0.15, 0.2) is 0 Å². The molecular formula is C34H43N11O4. The molecule has 5 heterocycles. The minimum atomic E-state index is -0.268. The molecule has 1 saturated carbocycles. The summed E-state index contributed by atoms with van der Waals surface area (Å²) in [5, 5.41) is 29.1. The van der Waals surface area contributed by atoms with Crippen molar-refractivity contribution in [1.29, 1.82) is 5.26 Å². The zero-order valence-corrected chi connectivity index (χ0v) is 28.2. The first-order chi connectivity index (χ1) is 23.9. The Morgan fingerprint density at radius 2 is 1.80 bits per heavy atom. The van der Waals surface area contributed by atoms with Gasteiger partial charge in [-0.1, -0.05) is 6.07 Å². The van der Waals surface area contributed by atoms with Crippen LogP contribution in [0.5, 0.6) is 11.6 Å². The number of ether oxygens (including phenoxy) is 4. The zero-order chi connectivity index (χ0) is 33.7. The lowest BCUT2D eigenvalue weighted by atomic mass is 9.89. The first-order valence-corrected chi connectivity index (χ1v) is 17.1. The first kappa shape index (κ1) is 32.9. The SMILES string of the molecule is C[C@@H]1CN(C2CCC(n3cc(Nc4ncc(-c5ccc(C#N)c(O[C@@H](C)Cn6cnnn6)c5)cn4)c(OCC4COC4)n3)CC2)C[C@H](C)O1. The predicted molar refractivity (Wildman–Crippen MR) is 178 cm³/mol. The van der Waals surface area contributed by atoms with Crippen LogP contribution in [0.25, 0.3) is 11.1 Å². The van der Waals surface area contributed by atoms with Crippen molar-refractivity contribution in [1.82, 2.24) is 44.9 Å². The largest absolute Gasteiger partial charge is 0.487 e. The summed E-state index contributed by atoms with van der Waals surface area (Å²) in [7, 11) is 0. The van der Waals surface area contributed by atoms with Gasteiger partial charge in [-0.25, -0.2) is 14.6 Å². The fourth-order valence-electron chi connectivity index (χ4n) is 6.87. The van der Waals surface area contributed by atoms with Gasteiger partial charge in [0.2, 0.25) is 5.95 Å². The fraction of sp³-hybridized carbons (Fsp3) is 0.559. The summed E-state index contributed by atoms with van der Waals surface area (Å²) < 4.78 is 27.3. The molecule has 0 spiro atoms. The minimum absolute atomic E-state index is 0.268. The monoisotopic (exact) mass is 669 g/mol. The van der Waals surface area contributed by atoms with E-state index in [1.165, 1.54) is 6.33 Å². The third-order valence-electron chi connectivity index (χ3n) is 9.36. The molecule has 258 valence electrons. The second-order valence-corrected chi connectivity index (χ2v) is 13.4. The van der Waals surface area contributed by atoms with Gasteiger partial charge in [-0.15, -0.1) is 10.2 Å². The number of nitrogens with one attached hydrogen (secondary N) is 1. The Morgan fingerprint density at radius 1 is 1.04 bits per heavy atom. The van der Waals surface area contributed by atoms with Crippen molar-refractivity contribution < 1.29 is 18.9 Å². The number of anilines is 2. The Bertz CT molecular complexity index is 1700. The summed E-state index contributed by atoms with van der Waals surface area (Å²) in [6.07, 6.45) is 11.7. The summed E-state index contributed by atoms with van der Waals surface area (Å²) in [6.45, 7) is 10.6. The number of morpholine rings is 1. The third-order valence-corrected chi connectivity index (χ3v) is 9.36. The number of rotatable bonds is 12. The molecule has 0 bridgehead atoms. The number of aromatic nitrogens is 8. The summed E-state index contributed by atoms with van der Waals surface area (Å²) in [5.74, 6) is 1.81. The summed E-state index contributed by atoms with van der Waals surface area (Å²) in [6, 6.07) is 8.51. The Morgan fingerprint density at radius 3 is 2.47 bits per heavy atom. The van der Waals surface area contributed by atoms with E-state index in [2.05, 4.69) is 60.3 Å². The molecule has 3 fully saturated rings. The molecular weight excluding hydrogens is 626 g/mol. The van der Waals surface area contributed by atoms with E-state index >= 15 is 0 Å². The molecule has 3 aliphatic rings. The molecule has 2 saturated heterocycles. The highest BCUT2D eigenvalue weighted by molar-refractivity contribution is 5.67. The maximum atomic E-state index is 9.67. The molecule has 2 aliphatic heterocycles. The molecule has 0 unspecified atom stereocenters. The highest BCUT2D eigenvalue weighted by Gasteiger charge is 2.32. The quantitative estimate of drug-likeness (QED) is 0.230. The molecule has 1 aliphatic carbocycles. The molecule has 4 aromatic rings. The normalized spacial score (nSPS) is 23.7. The lowest BCUT2D eigenvalue weighted by Gasteiger charge is -2.42. The lowest BCUT2D eigenvalue weighted by Crippen LogP contribution is -2.51. The Balaban J connectivity index is 1.03. The van der Waals surface area contributed by atoms with Crippen LogP contribution in [0.1, 0.15) is 58.1 Å². The van der Waals surface area contributed by atoms with Crippen molar-refractivity contribution in [2.45, 2.75) is 83.4 Å². The van der Waals surface area contributed by atoms with Gasteiger partial charge in [0.1, 0.15) is 29.9 Å². The zero-order valence-electron chi connectivity index (χ0n) is 28.2. The van der Waals surface area contributed by atoms with Gasteiger partial charge in [0.05, 0.1) is 56.4 Å². The minimum Gasteiger partial charge on any atom is -0.487 e. The van der Waals surface area contributed by atoms with Gasteiger partial charge >= 0.3 is 0 Å². The number of benzene rings is 1. The highest BCUT2D eigenvalue weighted by Crippen LogP contribution is 2.36. The number of nitriles is 1. The van der Waals surface area contributed by atoms with Gasteiger partial charge in [0.25, 0.3) is 5.88 Å². The van der Waals surface area contributed by atoms with Gasteiger partial charge in [-0.2, -0.15) is 5.26 Å². The average Bonchev–Trinajstić information content (AvgIpc) is 3.74. The van der Waals surface area contributed by atoms with Gasteiger partial charge in [0, 0.05) is 43.0 Å². The van der Waals surface area contributed by atoms with E-state index in [-0.39, 0.29) is 18.3 Å². The topological polar surface area (TPSA) is 163 Å². The van der Waals surface area contributed by atoms with Crippen LogP contribution in [0, 0.1) is 17.2 Å². The van der Waals surface area contributed by atoms with E-state index in [0.717, 1.165) is 55.6 Å². The van der Waals surface area contributed by atoms with Crippen molar-refractivity contribution in [2.24, 2.45) is 5.92 Å².